The van der Waals surface area contributed by atoms with Gasteiger partial charge in [-0.3, -0.25) is 0 Å². The Bertz CT molecular complexity index is 1530. The second-order valence-electron chi connectivity index (χ2n) is 8.32. The summed E-state index contributed by atoms with van der Waals surface area (Å²) in [5.41, 5.74) is 8.66. The van der Waals surface area contributed by atoms with Gasteiger partial charge in [-0.25, -0.2) is 0 Å². The van der Waals surface area contributed by atoms with Crippen molar-refractivity contribution in [2.24, 2.45) is 0 Å². The summed E-state index contributed by atoms with van der Waals surface area (Å²) in [7, 11) is 0. The molecule has 0 radical (unpaired) electrons. The van der Waals surface area contributed by atoms with Gasteiger partial charge >= 0.3 is 0 Å². The van der Waals surface area contributed by atoms with Crippen LogP contribution in [0, 0.1) is 0 Å². The standard InChI is InChI=1S/C32H23NO/c1-4-10-23(11-5-1)24-16-18-27(19-17-24)33-28-20-21-29-30(22-28)34-32(26-14-8-3-9-15-26)31(29)25-12-6-2-7-13-25/h1-22,33H. The highest BCUT2D eigenvalue weighted by molar-refractivity contribution is 6.02. The summed E-state index contributed by atoms with van der Waals surface area (Å²) in [6.45, 7) is 0. The maximum Gasteiger partial charge on any atom is 0.143 e. The molecule has 0 spiro atoms. The van der Waals surface area contributed by atoms with Crippen LogP contribution in [0.25, 0.3) is 44.5 Å². The van der Waals surface area contributed by atoms with Gasteiger partial charge in [-0.1, -0.05) is 103 Å². The molecule has 5 aromatic carbocycles. The van der Waals surface area contributed by atoms with Crippen LogP contribution in [0.5, 0.6) is 0 Å². The topological polar surface area (TPSA) is 25.2 Å². The minimum absolute atomic E-state index is 0.864. The molecule has 34 heavy (non-hydrogen) atoms. The maximum absolute atomic E-state index is 6.45. The van der Waals surface area contributed by atoms with Crippen molar-refractivity contribution in [3.05, 3.63) is 133 Å². The van der Waals surface area contributed by atoms with E-state index in [0.717, 1.165) is 44.8 Å². The third-order valence-electron chi connectivity index (χ3n) is 6.07. The Morgan fingerprint density at radius 1 is 0.441 bits per heavy atom. The highest BCUT2D eigenvalue weighted by atomic mass is 16.3. The minimum Gasteiger partial charge on any atom is -0.455 e. The summed E-state index contributed by atoms with van der Waals surface area (Å²) in [6, 6.07) is 46.0. The first-order chi connectivity index (χ1) is 16.8. The molecule has 6 aromatic rings. The molecule has 0 unspecified atom stereocenters. The summed E-state index contributed by atoms with van der Waals surface area (Å²) < 4.78 is 6.45. The summed E-state index contributed by atoms with van der Waals surface area (Å²) in [6.07, 6.45) is 0. The number of furan rings is 1. The van der Waals surface area contributed by atoms with E-state index >= 15 is 0 Å². The SMILES string of the molecule is c1ccc(-c2ccc(Nc3ccc4c(-c5ccccc5)c(-c5ccccc5)oc4c3)cc2)cc1. The van der Waals surface area contributed by atoms with Gasteiger partial charge in [0, 0.05) is 34.0 Å². The molecule has 6 rings (SSSR count). The average molecular weight is 438 g/mol. The van der Waals surface area contributed by atoms with E-state index < -0.39 is 0 Å². The zero-order chi connectivity index (χ0) is 22.7. The van der Waals surface area contributed by atoms with Crippen molar-refractivity contribution < 1.29 is 4.42 Å². The Hall–Kier alpha value is -4.56. The summed E-state index contributed by atoms with van der Waals surface area (Å²) >= 11 is 0. The van der Waals surface area contributed by atoms with Crippen LogP contribution in [0.4, 0.5) is 11.4 Å². The quantitative estimate of drug-likeness (QED) is 0.291. The third-order valence-corrected chi connectivity index (χ3v) is 6.07. The van der Waals surface area contributed by atoms with E-state index in [1.807, 2.05) is 30.3 Å². The van der Waals surface area contributed by atoms with E-state index in [-0.39, 0.29) is 0 Å². The molecule has 2 nitrogen and oxygen atoms in total. The van der Waals surface area contributed by atoms with Crippen LogP contribution < -0.4 is 5.32 Å². The fraction of sp³-hybridized carbons (Fsp3) is 0. The monoisotopic (exact) mass is 437 g/mol. The zero-order valence-electron chi connectivity index (χ0n) is 18.6. The Morgan fingerprint density at radius 2 is 0.971 bits per heavy atom. The molecule has 1 aromatic heterocycles. The van der Waals surface area contributed by atoms with Crippen LogP contribution in [-0.4, -0.2) is 0 Å². The largest absolute Gasteiger partial charge is 0.455 e. The zero-order valence-corrected chi connectivity index (χ0v) is 18.6. The van der Waals surface area contributed by atoms with Gasteiger partial charge in [0.2, 0.25) is 0 Å². The smallest absolute Gasteiger partial charge is 0.143 e. The van der Waals surface area contributed by atoms with Gasteiger partial charge in [0.15, 0.2) is 0 Å². The molecule has 0 bridgehead atoms. The highest BCUT2D eigenvalue weighted by Gasteiger charge is 2.17. The lowest BCUT2D eigenvalue weighted by Crippen LogP contribution is -1.90. The number of benzene rings is 5. The van der Waals surface area contributed by atoms with Crippen molar-refractivity contribution in [2.75, 3.05) is 5.32 Å². The van der Waals surface area contributed by atoms with Crippen LogP contribution >= 0.6 is 0 Å². The van der Waals surface area contributed by atoms with E-state index in [1.54, 1.807) is 0 Å². The second kappa shape index (κ2) is 8.76. The second-order valence-corrected chi connectivity index (χ2v) is 8.32. The number of hydrogen-bond acceptors (Lipinski definition) is 2. The molecule has 0 atom stereocenters. The van der Waals surface area contributed by atoms with Gasteiger partial charge in [0.05, 0.1) is 0 Å². The molecular formula is C32H23NO. The number of fused-ring (bicyclic) bond motifs is 1. The number of anilines is 2. The Balaban J connectivity index is 1.37. The van der Waals surface area contributed by atoms with Gasteiger partial charge in [0.1, 0.15) is 11.3 Å². The Morgan fingerprint density at radius 3 is 1.62 bits per heavy atom. The summed E-state index contributed by atoms with van der Waals surface area (Å²) in [5.74, 6) is 0.895. The summed E-state index contributed by atoms with van der Waals surface area (Å²) in [5, 5.41) is 4.63. The number of rotatable bonds is 5. The van der Waals surface area contributed by atoms with Crippen molar-refractivity contribution >= 4 is 22.3 Å². The van der Waals surface area contributed by atoms with Gasteiger partial charge < -0.3 is 9.73 Å². The third kappa shape index (κ3) is 3.87. The predicted molar refractivity (Wildman–Crippen MR) is 142 cm³/mol. The average Bonchev–Trinajstić information content (AvgIpc) is 3.29. The molecule has 0 saturated carbocycles. The van der Waals surface area contributed by atoms with Crippen LogP contribution in [0.1, 0.15) is 0 Å². The fourth-order valence-corrected chi connectivity index (χ4v) is 4.40. The maximum atomic E-state index is 6.45. The summed E-state index contributed by atoms with van der Waals surface area (Å²) in [4.78, 5) is 0. The molecular weight excluding hydrogens is 414 g/mol. The van der Waals surface area contributed by atoms with Gasteiger partial charge in [-0.15, -0.1) is 0 Å². The lowest BCUT2D eigenvalue weighted by molar-refractivity contribution is 0.632. The van der Waals surface area contributed by atoms with E-state index in [0.29, 0.717) is 0 Å². The molecule has 0 aliphatic heterocycles. The first-order valence-electron chi connectivity index (χ1n) is 11.4. The fourth-order valence-electron chi connectivity index (χ4n) is 4.40. The van der Waals surface area contributed by atoms with Crippen molar-refractivity contribution in [1.82, 2.24) is 0 Å². The van der Waals surface area contributed by atoms with E-state index in [2.05, 4.69) is 108 Å². The Kier molecular flexibility index (Phi) is 5.17. The van der Waals surface area contributed by atoms with Gasteiger partial charge in [0.25, 0.3) is 0 Å². The molecule has 0 amide bonds. The Labute approximate surface area is 199 Å². The molecule has 0 fully saturated rings. The normalized spacial score (nSPS) is 10.9. The van der Waals surface area contributed by atoms with Crippen molar-refractivity contribution in [2.45, 2.75) is 0 Å². The highest BCUT2D eigenvalue weighted by Crippen LogP contribution is 2.41. The predicted octanol–water partition coefficient (Wildman–Crippen LogP) is 9.18. The van der Waals surface area contributed by atoms with Crippen LogP contribution in [0.15, 0.2) is 138 Å². The lowest BCUT2D eigenvalue weighted by Gasteiger charge is -2.08. The van der Waals surface area contributed by atoms with Crippen molar-refractivity contribution in [3.8, 4) is 33.6 Å². The molecule has 1 heterocycles. The number of hydrogen-bond donors (Lipinski definition) is 1. The van der Waals surface area contributed by atoms with E-state index in [9.17, 15) is 0 Å². The van der Waals surface area contributed by atoms with Crippen LogP contribution in [0.3, 0.4) is 0 Å². The number of nitrogens with one attached hydrogen (secondary N) is 1. The van der Waals surface area contributed by atoms with E-state index in [1.165, 1.54) is 11.1 Å². The lowest BCUT2D eigenvalue weighted by atomic mass is 9.98. The minimum atomic E-state index is 0.864. The van der Waals surface area contributed by atoms with Crippen LogP contribution in [0.2, 0.25) is 0 Å². The van der Waals surface area contributed by atoms with Gasteiger partial charge in [-0.2, -0.15) is 0 Å². The molecule has 0 aliphatic carbocycles. The molecule has 2 heteroatoms. The van der Waals surface area contributed by atoms with Crippen molar-refractivity contribution in [1.29, 1.82) is 0 Å². The molecule has 0 saturated heterocycles. The molecule has 162 valence electrons. The molecule has 0 aliphatic rings. The first-order valence-corrected chi connectivity index (χ1v) is 11.4. The van der Waals surface area contributed by atoms with Crippen LogP contribution in [-0.2, 0) is 0 Å². The van der Waals surface area contributed by atoms with Crippen molar-refractivity contribution in [3.63, 3.8) is 0 Å². The van der Waals surface area contributed by atoms with E-state index in [4.69, 9.17) is 4.42 Å². The first kappa shape index (κ1) is 20.1. The molecule has 1 N–H and O–H groups in total. The van der Waals surface area contributed by atoms with Gasteiger partial charge in [-0.05, 0) is 41.0 Å².